The third kappa shape index (κ3) is 2.43. The van der Waals surface area contributed by atoms with Gasteiger partial charge in [-0.1, -0.05) is 35.8 Å². The van der Waals surface area contributed by atoms with Gasteiger partial charge in [0.1, 0.15) is 7.85 Å². The van der Waals surface area contributed by atoms with E-state index in [1.165, 1.54) is 12.7 Å². The Balaban J connectivity index is 2.45. The Labute approximate surface area is 114 Å². The van der Waals surface area contributed by atoms with E-state index in [1.807, 2.05) is 39.9 Å². The summed E-state index contributed by atoms with van der Waals surface area (Å²) < 4.78 is 7.03. The highest BCUT2D eigenvalue weighted by atomic mass is 16.5. The van der Waals surface area contributed by atoms with Crippen LogP contribution in [0.5, 0.6) is 0 Å². The van der Waals surface area contributed by atoms with Crippen molar-refractivity contribution in [2.75, 3.05) is 7.11 Å². The van der Waals surface area contributed by atoms with Gasteiger partial charge in [-0.25, -0.2) is 4.79 Å². The molecule has 1 aromatic heterocycles. The highest BCUT2D eigenvalue weighted by Gasteiger charge is 2.20. The Bertz CT molecular complexity index is 602. The Morgan fingerprint density at radius 1 is 1.21 bits per heavy atom. The van der Waals surface area contributed by atoms with E-state index in [9.17, 15) is 4.79 Å². The number of methoxy groups -OCH3 is 1. The molecule has 0 spiro atoms. The van der Waals surface area contributed by atoms with Crippen LogP contribution in [-0.2, 0) is 11.3 Å². The summed E-state index contributed by atoms with van der Waals surface area (Å²) in [6, 6.07) is 10.2. The molecular formula is C15H18BNO2. The molecule has 0 unspecified atom stereocenters. The summed E-state index contributed by atoms with van der Waals surface area (Å²) >= 11 is 0. The van der Waals surface area contributed by atoms with Gasteiger partial charge in [0.15, 0.2) is 0 Å². The van der Waals surface area contributed by atoms with Gasteiger partial charge in [0.25, 0.3) is 0 Å². The highest BCUT2D eigenvalue weighted by Crippen LogP contribution is 2.15. The molecule has 0 aliphatic heterocycles. The lowest BCUT2D eigenvalue weighted by molar-refractivity contribution is 0.0601. The summed E-state index contributed by atoms with van der Waals surface area (Å²) in [5, 5.41) is 0. The van der Waals surface area contributed by atoms with Crippen LogP contribution < -0.4 is 5.46 Å². The Hall–Kier alpha value is -1.97. The van der Waals surface area contributed by atoms with Crippen LogP contribution in [0, 0.1) is 13.8 Å². The first-order valence-corrected chi connectivity index (χ1v) is 6.34. The number of hydrogen-bond acceptors (Lipinski definition) is 2. The second-order valence-corrected chi connectivity index (χ2v) is 4.73. The third-order valence-corrected chi connectivity index (χ3v) is 3.66. The van der Waals surface area contributed by atoms with Gasteiger partial charge < -0.3 is 9.30 Å². The molecule has 0 atom stereocenters. The maximum absolute atomic E-state index is 11.8. The molecule has 0 saturated heterocycles. The van der Waals surface area contributed by atoms with E-state index in [4.69, 9.17) is 4.74 Å². The molecular weight excluding hydrogens is 237 g/mol. The molecule has 0 aliphatic carbocycles. The first-order valence-electron chi connectivity index (χ1n) is 6.34. The molecule has 0 saturated carbocycles. The Morgan fingerprint density at radius 3 is 2.42 bits per heavy atom. The normalized spacial score (nSPS) is 10.5. The average molecular weight is 255 g/mol. The molecule has 98 valence electrons. The Kier molecular flexibility index (Phi) is 3.79. The summed E-state index contributed by atoms with van der Waals surface area (Å²) in [5.41, 5.74) is 4.99. The number of nitrogens with zero attached hydrogens (tertiary/aromatic N) is 1. The van der Waals surface area contributed by atoms with Crippen LogP contribution in [-0.4, -0.2) is 25.5 Å². The smallest absolute Gasteiger partial charge is 0.339 e. The molecule has 19 heavy (non-hydrogen) atoms. The molecule has 0 fully saturated rings. The van der Waals surface area contributed by atoms with Gasteiger partial charge in [-0.3, -0.25) is 0 Å². The van der Waals surface area contributed by atoms with Crippen molar-refractivity contribution in [2.45, 2.75) is 20.4 Å². The van der Waals surface area contributed by atoms with Crippen molar-refractivity contribution < 1.29 is 9.53 Å². The lowest BCUT2D eigenvalue weighted by atomic mass is 9.91. The van der Waals surface area contributed by atoms with Crippen molar-refractivity contribution in [3.63, 3.8) is 0 Å². The first-order chi connectivity index (χ1) is 9.06. The molecule has 1 heterocycles. The first kappa shape index (κ1) is 13.5. The predicted octanol–water partition coefficient (Wildman–Crippen LogP) is 1.20. The van der Waals surface area contributed by atoms with Crippen molar-refractivity contribution in [1.29, 1.82) is 0 Å². The molecule has 1 aromatic carbocycles. The molecule has 0 bridgehead atoms. The van der Waals surface area contributed by atoms with Gasteiger partial charge in [-0.15, -0.1) is 0 Å². The van der Waals surface area contributed by atoms with Gasteiger partial charge in [-0.2, -0.15) is 0 Å². The highest BCUT2D eigenvalue weighted by molar-refractivity contribution is 6.37. The van der Waals surface area contributed by atoms with Crippen molar-refractivity contribution in [3.05, 3.63) is 52.8 Å². The quantitative estimate of drug-likeness (QED) is 0.609. The molecule has 3 nitrogen and oxygen atoms in total. The fourth-order valence-corrected chi connectivity index (χ4v) is 2.45. The maximum Gasteiger partial charge on any atom is 0.339 e. The second-order valence-electron chi connectivity index (χ2n) is 4.73. The Morgan fingerprint density at radius 2 is 1.84 bits per heavy atom. The zero-order valence-corrected chi connectivity index (χ0v) is 11.9. The molecule has 0 N–H and O–H groups in total. The van der Waals surface area contributed by atoms with Crippen molar-refractivity contribution in [1.82, 2.24) is 4.57 Å². The summed E-state index contributed by atoms with van der Waals surface area (Å²) in [4.78, 5) is 11.8. The molecule has 0 radical (unpaired) electrons. The molecule has 0 aliphatic rings. The third-order valence-electron chi connectivity index (χ3n) is 3.66. The van der Waals surface area contributed by atoms with Crippen LogP contribution in [0.2, 0.25) is 0 Å². The molecule has 0 amide bonds. The van der Waals surface area contributed by atoms with Crippen LogP contribution in [0.4, 0.5) is 0 Å². The van der Waals surface area contributed by atoms with Crippen LogP contribution in [0.25, 0.3) is 0 Å². The summed E-state index contributed by atoms with van der Waals surface area (Å²) in [6.45, 7) is 4.78. The maximum atomic E-state index is 11.8. The van der Waals surface area contributed by atoms with Gasteiger partial charge >= 0.3 is 5.97 Å². The lowest BCUT2D eigenvalue weighted by Gasteiger charge is -2.10. The van der Waals surface area contributed by atoms with E-state index in [2.05, 4.69) is 16.7 Å². The van der Waals surface area contributed by atoms with Crippen LogP contribution in [0.3, 0.4) is 0 Å². The van der Waals surface area contributed by atoms with Crippen LogP contribution >= 0.6 is 0 Å². The van der Waals surface area contributed by atoms with E-state index in [0.29, 0.717) is 5.56 Å². The molecule has 2 aromatic rings. The van der Waals surface area contributed by atoms with Gasteiger partial charge in [0, 0.05) is 17.9 Å². The number of benzene rings is 1. The van der Waals surface area contributed by atoms with E-state index in [0.717, 1.165) is 23.4 Å². The van der Waals surface area contributed by atoms with Gasteiger partial charge in [0.05, 0.1) is 12.7 Å². The van der Waals surface area contributed by atoms with E-state index >= 15 is 0 Å². The number of esters is 1. The standard InChI is InChI=1S/C15H18BNO2/c1-10-13(15(18)19-3)14(16)11(2)17(10)9-12-7-5-4-6-8-12/h4-8H,9,16H2,1-3H3. The van der Waals surface area contributed by atoms with E-state index in [-0.39, 0.29) is 5.97 Å². The zero-order chi connectivity index (χ0) is 14.0. The van der Waals surface area contributed by atoms with Gasteiger partial charge in [0.2, 0.25) is 0 Å². The SMILES string of the molecule is Bc1c(C(=O)OC)c(C)n(Cc2ccccc2)c1C. The summed E-state index contributed by atoms with van der Waals surface area (Å²) in [7, 11) is 3.39. The minimum atomic E-state index is -0.259. The molecule has 2 rings (SSSR count). The number of rotatable bonds is 3. The largest absolute Gasteiger partial charge is 0.465 e. The lowest BCUT2D eigenvalue weighted by Crippen LogP contribution is -2.16. The summed E-state index contributed by atoms with van der Waals surface area (Å²) in [5.74, 6) is -0.259. The summed E-state index contributed by atoms with van der Waals surface area (Å²) in [6.07, 6.45) is 0. The number of carbonyl (C=O) groups excluding carboxylic acids is 1. The van der Waals surface area contributed by atoms with Crippen molar-refractivity contribution in [3.8, 4) is 0 Å². The minimum Gasteiger partial charge on any atom is -0.465 e. The topological polar surface area (TPSA) is 31.2 Å². The van der Waals surface area contributed by atoms with Crippen LogP contribution in [0.15, 0.2) is 30.3 Å². The monoisotopic (exact) mass is 255 g/mol. The van der Waals surface area contributed by atoms with Crippen LogP contribution in [0.1, 0.15) is 27.3 Å². The average Bonchev–Trinajstić information content (AvgIpc) is 2.63. The number of aromatic nitrogens is 1. The van der Waals surface area contributed by atoms with Crippen molar-refractivity contribution >= 4 is 19.3 Å². The number of ether oxygens (including phenoxy) is 1. The van der Waals surface area contributed by atoms with E-state index < -0.39 is 0 Å². The number of carbonyl (C=O) groups is 1. The minimum absolute atomic E-state index is 0.259. The molecule has 4 heteroatoms. The van der Waals surface area contributed by atoms with E-state index in [1.54, 1.807) is 0 Å². The fourth-order valence-electron chi connectivity index (χ4n) is 2.45. The van der Waals surface area contributed by atoms with Crippen molar-refractivity contribution in [2.24, 2.45) is 0 Å². The fraction of sp³-hybridized carbons (Fsp3) is 0.267. The number of hydrogen-bond donors (Lipinski definition) is 0. The predicted molar refractivity (Wildman–Crippen MR) is 79.0 cm³/mol. The van der Waals surface area contributed by atoms with Gasteiger partial charge in [-0.05, 0) is 19.4 Å². The zero-order valence-electron chi connectivity index (χ0n) is 11.9. The second kappa shape index (κ2) is 5.35.